The van der Waals surface area contributed by atoms with Gasteiger partial charge in [0.2, 0.25) is 0 Å². The van der Waals surface area contributed by atoms with Crippen molar-refractivity contribution < 1.29 is 0 Å². The monoisotopic (exact) mass is 281 g/mol. The minimum Gasteiger partial charge on any atom is -0.304 e. The predicted molar refractivity (Wildman–Crippen MR) is 76.5 cm³/mol. The number of aromatic nitrogens is 3. The zero-order valence-corrected chi connectivity index (χ0v) is 12.1. The molecule has 0 aliphatic rings. The number of rotatable bonds is 4. The first-order valence-electron chi connectivity index (χ1n) is 5.95. The summed E-state index contributed by atoms with van der Waals surface area (Å²) in [5.41, 5.74) is 1.14. The molecule has 0 amide bonds. The Labute approximate surface area is 117 Å². The lowest BCUT2D eigenvalue weighted by Crippen LogP contribution is -2.09. The summed E-state index contributed by atoms with van der Waals surface area (Å²) in [5.74, 6) is 1.49. The van der Waals surface area contributed by atoms with Crippen LogP contribution in [-0.4, -0.2) is 14.8 Å². The standard InChI is InChI=1S/C13H16ClN3S/c1-9(2)8-17-12(15-16-13(17)18)7-10-4-3-5-11(14)6-10/h3-6,9H,7-8H2,1-2H3,(H,16,18). The maximum Gasteiger partial charge on any atom is 0.195 e. The van der Waals surface area contributed by atoms with Gasteiger partial charge in [-0.1, -0.05) is 37.6 Å². The summed E-state index contributed by atoms with van der Waals surface area (Å²) in [7, 11) is 0. The lowest BCUT2D eigenvalue weighted by Gasteiger charge is -2.09. The highest BCUT2D eigenvalue weighted by molar-refractivity contribution is 7.71. The first-order chi connectivity index (χ1) is 8.56. The van der Waals surface area contributed by atoms with E-state index in [0.717, 1.165) is 29.4 Å². The van der Waals surface area contributed by atoms with Crippen LogP contribution in [0.3, 0.4) is 0 Å². The molecule has 0 saturated carbocycles. The SMILES string of the molecule is CC(C)Cn1c(Cc2cccc(Cl)c2)n[nH]c1=S. The van der Waals surface area contributed by atoms with Gasteiger partial charge in [-0.15, -0.1) is 0 Å². The fourth-order valence-electron chi connectivity index (χ4n) is 1.87. The maximum absolute atomic E-state index is 5.98. The van der Waals surface area contributed by atoms with Gasteiger partial charge in [-0.2, -0.15) is 5.10 Å². The second kappa shape index (κ2) is 5.67. The number of hydrogen-bond donors (Lipinski definition) is 1. The molecule has 0 radical (unpaired) electrons. The quantitative estimate of drug-likeness (QED) is 0.864. The molecule has 0 spiro atoms. The predicted octanol–water partition coefficient (Wildman–Crippen LogP) is 3.84. The summed E-state index contributed by atoms with van der Waals surface area (Å²) in [4.78, 5) is 0. The topological polar surface area (TPSA) is 33.6 Å². The van der Waals surface area contributed by atoms with E-state index in [1.807, 2.05) is 24.3 Å². The molecule has 0 aliphatic heterocycles. The van der Waals surface area contributed by atoms with Crippen molar-refractivity contribution in [2.75, 3.05) is 0 Å². The van der Waals surface area contributed by atoms with Crippen molar-refractivity contribution in [3.8, 4) is 0 Å². The summed E-state index contributed by atoms with van der Waals surface area (Å²) in [6.45, 7) is 5.21. The van der Waals surface area contributed by atoms with Crippen molar-refractivity contribution >= 4 is 23.8 Å². The van der Waals surface area contributed by atoms with Crippen LogP contribution in [0.25, 0.3) is 0 Å². The summed E-state index contributed by atoms with van der Waals surface area (Å²) in [6.07, 6.45) is 0.737. The van der Waals surface area contributed by atoms with Gasteiger partial charge in [0.25, 0.3) is 0 Å². The van der Waals surface area contributed by atoms with E-state index in [9.17, 15) is 0 Å². The summed E-state index contributed by atoms with van der Waals surface area (Å²) < 4.78 is 2.74. The van der Waals surface area contributed by atoms with Gasteiger partial charge in [0, 0.05) is 18.0 Å². The average Bonchev–Trinajstić information content (AvgIpc) is 2.61. The van der Waals surface area contributed by atoms with Crippen molar-refractivity contribution in [1.82, 2.24) is 14.8 Å². The van der Waals surface area contributed by atoms with Crippen molar-refractivity contribution in [1.29, 1.82) is 0 Å². The maximum atomic E-state index is 5.98. The Hall–Kier alpha value is -1.13. The minimum atomic E-state index is 0.535. The Kier molecular flexibility index (Phi) is 4.19. The van der Waals surface area contributed by atoms with Crippen LogP contribution in [0, 0.1) is 10.7 Å². The van der Waals surface area contributed by atoms with Crippen LogP contribution in [-0.2, 0) is 13.0 Å². The Bertz CT molecular complexity index is 586. The number of nitrogens with one attached hydrogen (secondary N) is 1. The van der Waals surface area contributed by atoms with Crippen LogP contribution in [0.1, 0.15) is 25.2 Å². The second-order valence-corrected chi connectivity index (χ2v) is 5.58. The molecular weight excluding hydrogens is 266 g/mol. The molecule has 5 heteroatoms. The molecule has 2 rings (SSSR count). The molecule has 2 aromatic rings. The van der Waals surface area contributed by atoms with Gasteiger partial charge in [0.15, 0.2) is 4.77 Å². The highest BCUT2D eigenvalue weighted by Gasteiger charge is 2.08. The first-order valence-corrected chi connectivity index (χ1v) is 6.73. The molecule has 0 atom stereocenters. The molecule has 3 nitrogen and oxygen atoms in total. The molecule has 0 bridgehead atoms. The number of nitrogens with zero attached hydrogens (tertiary/aromatic N) is 2. The fourth-order valence-corrected chi connectivity index (χ4v) is 2.31. The van der Waals surface area contributed by atoms with E-state index in [4.69, 9.17) is 23.8 Å². The third-order valence-corrected chi connectivity index (χ3v) is 3.18. The van der Waals surface area contributed by atoms with E-state index >= 15 is 0 Å². The number of hydrogen-bond acceptors (Lipinski definition) is 2. The van der Waals surface area contributed by atoms with Gasteiger partial charge < -0.3 is 4.57 Å². The Balaban J connectivity index is 2.26. The lowest BCUT2D eigenvalue weighted by molar-refractivity contribution is 0.505. The van der Waals surface area contributed by atoms with E-state index in [1.54, 1.807) is 0 Å². The number of halogens is 1. The summed E-state index contributed by atoms with van der Waals surface area (Å²) >= 11 is 11.2. The zero-order valence-electron chi connectivity index (χ0n) is 10.5. The molecule has 1 N–H and O–H groups in total. The summed E-state index contributed by atoms with van der Waals surface area (Å²) in [5, 5.41) is 7.90. The van der Waals surface area contributed by atoms with Gasteiger partial charge in [0.05, 0.1) is 0 Å². The molecule has 0 unspecified atom stereocenters. The van der Waals surface area contributed by atoms with Gasteiger partial charge in [-0.05, 0) is 35.8 Å². The lowest BCUT2D eigenvalue weighted by atomic mass is 10.1. The van der Waals surface area contributed by atoms with Gasteiger partial charge >= 0.3 is 0 Å². The molecule has 1 aromatic heterocycles. The number of aromatic amines is 1. The van der Waals surface area contributed by atoms with Crippen LogP contribution in [0.5, 0.6) is 0 Å². The molecule has 1 heterocycles. The highest BCUT2D eigenvalue weighted by atomic mass is 35.5. The fraction of sp³-hybridized carbons (Fsp3) is 0.385. The third-order valence-electron chi connectivity index (χ3n) is 2.64. The molecule has 18 heavy (non-hydrogen) atoms. The van der Waals surface area contributed by atoms with Gasteiger partial charge in [-0.3, -0.25) is 5.10 Å². The normalized spacial score (nSPS) is 11.1. The van der Waals surface area contributed by atoms with Gasteiger partial charge in [-0.25, -0.2) is 0 Å². The van der Waals surface area contributed by atoms with Crippen molar-refractivity contribution in [2.24, 2.45) is 5.92 Å². The van der Waals surface area contributed by atoms with Crippen LogP contribution < -0.4 is 0 Å². The minimum absolute atomic E-state index is 0.535. The molecule has 0 fully saturated rings. The van der Waals surface area contributed by atoms with Crippen LogP contribution in [0.4, 0.5) is 0 Å². The summed E-state index contributed by atoms with van der Waals surface area (Å²) in [6, 6.07) is 7.82. The van der Waals surface area contributed by atoms with E-state index in [0.29, 0.717) is 10.7 Å². The van der Waals surface area contributed by atoms with Gasteiger partial charge in [0.1, 0.15) is 5.82 Å². The Morgan fingerprint density at radius 3 is 2.89 bits per heavy atom. The largest absolute Gasteiger partial charge is 0.304 e. The molecular formula is C13H16ClN3S. The van der Waals surface area contributed by atoms with Crippen LogP contribution >= 0.6 is 23.8 Å². The van der Waals surface area contributed by atoms with E-state index in [2.05, 4.69) is 28.6 Å². The van der Waals surface area contributed by atoms with Crippen LogP contribution in [0.15, 0.2) is 24.3 Å². The van der Waals surface area contributed by atoms with Crippen molar-refractivity contribution in [3.63, 3.8) is 0 Å². The second-order valence-electron chi connectivity index (χ2n) is 4.76. The molecule has 1 aromatic carbocycles. The van der Waals surface area contributed by atoms with Crippen molar-refractivity contribution in [3.05, 3.63) is 45.4 Å². The Morgan fingerprint density at radius 1 is 1.44 bits per heavy atom. The number of H-pyrrole nitrogens is 1. The molecule has 0 aliphatic carbocycles. The van der Waals surface area contributed by atoms with E-state index in [1.165, 1.54) is 0 Å². The average molecular weight is 282 g/mol. The number of benzene rings is 1. The molecule has 0 saturated heterocycles. The Morgan fingerprint density at radius 2 is 2.22 bits per heavy atom. The third kappa shape index (κ3) is 3.21. The smallest absolute Gasteiger partial charge is 0.195 e. The zero-order chi connectivity index (χ0) is 13.1. The van der Waals surface area contributed by atoms with Crippen LogP contribution in [0.2, 0.25) is 5.02 Å². The van der Waals surface area contributed by atoms with E-state index < -0.39 is 0 Å². The highest BCUT2D eigenvalue weighted by Crippen LogP contribution is 2.14. The van der Waals surface area contributed by atoms with E-state index in [-0.39, 0.29) is 0 Å². The first kappa shape index (κ1) is 13.3. The molecule has 96 valence electrons. The van der Waals surface area contributed by atoms with Crippen molar-refractivity contribution in [2.45, 2.75) is 26.8 Å².